The van der Waals surface area contributed by atoms with Crippen LogP contribution in [0.15, 0.2) is 45.6 Å². The molecule has 1 heterocycles. The third kappa shape index (κ3) is 3.95. The molecule has 0 aliphatic rings. The Labute approximate surface area is 133 Å². The predicted molar refractivity (Wildman–Crippen MR) is 80.4 cm³/mol. The molecule has 1 aromatic carbocycles. The van der Waals surface area contributed by atoms with Gasteiger partial charge in [0.2, 0.25) is 12.0 Å². The molecule has 0 fully saturated rings. The van der Waals surface area contributed by atoms with E-state index in [0.29, 0.717) is 10.2 Å². The summed E-state index contributed by atoms with van der Waals surface area (Å²) < 4.78 is 15.8. The van der Waals surface area contributed by atoms with Gasteiger partial charge in [0.15, 0.2) is 16.2 Å². The van der Waals surface area contributed by atoms with Gasteiger partial charge in [-0.05, 0) is 45.8 Å². The highest BCUT2D eigenvalue weighted by molar-refractivity contribution is 9.10. The van der Waals surface area contributed by atoms with Crippen LogP contribution in [0.2, 0.25) is 0 Å². The number of nitrogens with zero attached hydrogens (tertiary/aromatic N) is 1. The van der Waals surface area contributed by atoms with Crippen molar-refractivity contribution in [3.05, 3.63) is 62.6 Å². The first-order valence-corrected chi connectivity index (χ1v) is 6.76. The van der Waals surface area contributed by atoms with E-state index >= 15 is 0 Å². The van der Waals surface area contributed by atoms with E-state index in [-0.39, 0.29) is 17.3 Å². The van der Waals surface area contributed by atoms with Crippen LogP contribution in [0.25, 0.3) is 6.08 Å². The first-order valence-electron chi connectivity index (χ1n) is 5.97. The Morgan fingerprint density at radius 3 is 2.68 bits per heavy atom. The molecule has 114 valence electrons. The third-order valence-corrected chi connectivity index (χ3v) is 2.98. The standard InChI is InChI=1S/C14H10BrNO6/c1-20-12-8-9(6-7-16(18)19)2-3-10(12)22-14(17)11-4-5-13(15)21-11/h2-8H,1H3/b7-6+. The molecular formula is C14H10BrNO6. The first-order chi connectivity index (χ1) is 10.5. The average molecular weight is 368 g/mol. The van der Waals surface area contributed by atoms with Gasteiger partial charge >= 0.3 is 5.97 Å². The minimum Gasteiger partial charge on any atom is -0.493 e. The van der Waals surface area contributed by atoms with Crippen LogP contribution in [0.5, 0.6) is 11.5 Å². The van der Waals surface area contributed by atoms with Crippen LogP contribution in [-0.4, -0.2) is 18.0 Å². The zero-order chi connectivity index (χ0) is 16.1. The van der Waals surface area contributed by atoms with Gasteiger partial charge in [0.05, 0.1) is 12.0 Å². The predicted octanol–water partition coefficient (Wildman–Crippen LogP) is 3.52. The molecule has 0 atom stereocenters. The number of carbonyl (C=O) groups excluding carboxylic acids is 1. The van der Waals surface area contributed by atoms with Gasteiger partial charge in [-0.3, -0.25) is 10.1 Å². The van der Waals surface area contributed by atoms with Gasteiger partial charge in [-0.2, -0.15) is 0 Å². The summed E-state index contributed by atoms with van der Waals surface area (Å²) in [6.45, 7) is 0. The Morgan fingerprint density at radius 2 is 2.09 bits per heavy atom. The molecule has 1 aromatic heterocycles. The lowest BCUT2D eigenvalue weighted by Gasteiger charge is -2.08. The van der Waals surface area contributed by atoms with Gasteiger partial charge in [-0.15, -0.1) is 0 Å². The molecule has 22 heavy (non-hydrogen) atoms. The SMILES string of the molecule is COc1cc(/C=C/[N+](=O)[O-])ccc1OC(=O)c1ccc(Br)o1. The summed E-state index contributed by atoms with van der Waals surface area (Å²) in [5.74, 6) is -0.202. The Kier molecular flexibility index (Phi) is 4.95. The number of ether oxygens (including phenoxy) is 2. The summed E-state index contributed by atoms with van der Waals surface area (Å²) in [5, 5.41) is 10.3. The number of methoxy groups -OCH3 is 1. The van der Waals surface area contributed by atoms with Crippen molar-refractivity contribution < 1.29 is 23.6 Å². The normalized spacial score (nSPS) is 10.6. The molecule has 0 N–H and O–H groups in total. The van der Waals surface area contributed by atoms with Gasteiger partial charge in [-0.25, -0.2) is 4.79 Å². The van der Waals surface area contributed by atoms with Crippen LogP contribution in [-0.2, 0) is 0 Å². The molecule has 8 heteroatoms. The molecule has 0 saturated carbocycles. The van der Waals surface area contributed by atoms with E-state index in [2.05, 4.69) is 15.9 Å². The topological polar surface area (TPSA) is 91.8 Å². The number of nitro groups is 1. The van der Waals surface area contributed by atoms with Crippen molar-refractivity contribution in [3.63, 3.8) is 0 Å². The average Bonchev–Trinajstić information content (AvgIpc) is 2.92. The highest BCUT2D eigenvalue weighted by Crippen LogP contribution is 2.29. The number of furan rings is 1. The summed E-state index contributed by atoms with van der Waals surface area (Å²) in [7, 11) is 1.40. The number of hydrogen-bond donors (Lipinski definition) is 0. The Morgan fingerprint density at radius 1 is 1.32 bits per heavy atom. The molecule has 0 radical (unpaired) electrons. The first kappa shape index (κ1) is 15.8. The highest BCUT2D eigenvalue weighted by atomic mass is 79.9. The van der Waals surface area contributed by atoms with Crippen molar-refractivity contribution in [2.75, 3.05) is 7.11 Å². The minimum absolute atomic E-state index is 0.0336. The number of benzene rings is 1. The Balaban J connectivity index is 2.20. The lowest BCUT2D eigenvalue weighted by Crippen LogP contribution is -2.08. The van der Waals surface area contributed by atoms with Crippen LogP contribution >= 0.6 is 15.9 Å². The Bertz CT molecular complexity index is 737. The molecule has 0 saturated heterocycles. The quantitative estimate of drug-likeness (QED) is 0.347. The minimum atomic E-state index is -0.683. The molecule has 2 rings (SSSR count). The number of esters is 1. The van der Waals surface area contributed by atoms with E-state index in [0.717, 1.165) is 6.20 Å². The fourth-order valence-electron chi connectivity index (χ4n) is 1.59. The fourth-order valence-corrected chi connectivity index (χ4v) is 1.90. The van der Waals surface area contributed by atoms with E-state index in [1.807, 2.05) is 0 Å². The van der Waals surface area contributed by atoms with Crippen molar-refractivity contribution in [2.24, 2.45) is 0 Å². The maximum Gasteiger partial charge on any atom is 0.379 e. The van der Waals surface area contributed by atoms with Crippen molar-refractivity contribution in [3.8, 4) is 11.5 Å². The summed E-state index contributed by atoms with van der Waals surface area (Å²) >= 11 is 3.09. The lowest BCUT2D eigenvalue weighted by atomic mass is 10.2. The maximum atomic E-state index is 11.9. The molecule has 0 aliphatic carbocycles. The van der Waals surface area contributed by atoms with Gasteiger partial charge in [0.1, 0.15) is 0 Å². The zero-order valence-electron chi connectivity index (χ0n) is 11.3. The van der Waals surface area contributed by atoms with E-state index in [9.17, 15) is 14.9 Å². The largest absolute Gasteiger partial charge is 0.493 e. The fraction of sp³-hybridized carbons (Fsp3) is 0.0714. The van der Waals surface area contributed by atoms with Crippen LogP contribution in [0.4, 0.5) is 0 Å². The molecule has 0 aliphatic heterocycles. The van der Waals surface area contributed by atoms with Crippen LogP contribution < -0.4 is 9.47 Å². The van der Waals surface area contributed by atoms with Crippen molar-refractivity contribution in [1.29, 1.82) is 0 Å². The summed E-state index contributed by atoms with van der Waals surface area (Å²) in [6.07, 6.45) is 2.11. The molecule has 7 nitrogen and oxygen atoms in total. The smallest absolute Gasteiger partial charge is 0.379 e. The zero-order valence-corrected chi connectivity index (χ0v) is 12.9. The molecule has 0 spiro atoms. The Hall–Kier alpha value is -2.61. The molecule has 0 amide bonds. The van der Waals surface area contributed by atoms with Crippen molar-refractivity contribution >= 4 is 28.0 Å². The van der Waals surface area contributed by atoms with Crippen LogP contribution in [0.1, 0.15) is 16.1 Å². The molecule has 0 unspecified atom stereocenters. The lowest BCUT2D eigenvalue weighted by molar-refractivity contribution is -0.400. The van der Waals surface area contributed by atoms with Gasteiger partial charge < -0.3 is 13.9 Å². The molecule has 0 bridgehead atoms. The van der Waals surface area contributed by atoms with Gasteiger partial charge in [0.25, 0.3) is 0 Å². The van der Waals surface area contributed by atoms with Crippen molar-refractivity contribution in [1.82, 2.24) is 0 Å². The summed E-state index contributed by atoms with van der Waals surface area (Å²) in [4.78, 5) is 21.6. The maximum absolute atomic E-state index is 11.9. The highest BCUT2D eigenvalue weighted by Gasteiger charge is 2.16. The second-order valence-corrected chi connectivity index (χ2v) is 4.79. The summed E-state index contributed by atoms with van der Waals surface area (Å²) in [5.41, 5.74) is 0.536. The molecular weight excluding hydrogens is 358 g/mol. The summed E-state index contributed by atoms with van der Waals surface area (Å²) in [6, 6.07) is 7.59. The van der Waals surface area contributed by atoms with Crippen LogP contribution in [0.3, 0.4) is 0 Å². The number of carbonyl (C=O) groups is 1. The van der Waals surface area contributed by atoms with E-state index in [4.69, 9.17) is 13.9 Å². The monoisotopic (exact) mass is 367 g/mol. The van der Waals surface area contributed by atoms with Crippen molar-refractivity contribution in [2.45, 2.75) is 0 Å². The number of halogens is 1. The van der Waals surface area contributed by atoms with E-state index < -0.39 is 10.9 Å². The third-order valence-electron chi connectivity index (χ3n) is 2.55. The number of hydrogen-bond acceptors (Lipinski definition) is 6. The van der Waals surface area contributed by atoms with Gasteiger partial charge in [0, 0.05) is 6.08 Å². The number of rotatable bonds is 5. The van der Waals surface area contributed by atoms with Gasteiger partial charge in [-0.1, -0.05) is 6.07 Å². The second-order valence-electron chi connectivity index (χ2n) is 4.00. The van der Waals surface area contributed by atoms with E-state index in [1.54, 1.807) is 12.1 Å². The van der Waals surface area contributed by atoms with E-state index in [1.165, 1.54) is 31.4 Å². The molecule has 2 aromatic rings. The van der Waals surface area contributed by atoms with Crippen LogP contribution in [0, 0.1) is 10.1 Å². The second kappa shape index (κ2) is 6.90.